The van der Waals surface area contributed by atoms with Crippen LogP contribution in [-0.2, 0) is 6.54 Å². The fourth-order valence-corrected chi connectivity index (χ4v) is 2.77. The summed E-state index contributed by atoms with van der Waals surface area (Å²) in [5, 5.41) is 1.15. The normalized spacial score (nSPS) is 24.0. The number of nitrogens with two attached hydrogens (primary N) is 1. The lowest BCUT2D eigenvalue weighted by molar-refractivity contribution is 0.203. The highest BCUT2D eigenvalue weighted by molar-refractivity contribution is 7.11. The van der Waals surface area contributed by atoms with Crippen LogP contribution in [0.5, 0.6) is 0 Å². The highest BCUT2D eigenvalue weighted by Crippen LogP contribution is 2.17. The van der Waals surface area contributed by atoms with Crippen LogP contribution in [0.15, 0.2) is 6.20 Å². The minimum Gasteiger partial charge on any atom is -0.327 e. The molecule has 1 aliphatic heterocycles. The summed E-state index contributed by atoms with van der Waals surface area (Å²) in [6, 6.07) is 0.373. The molecule has 1 aromatic rings. The maximum atomic E-state index is 5.93. The van der Waals surface area contributed by atoms with Crippen LogP contribution in [0.3, 0.4) is 0 Å². The summed E-state index contributed by atoms with van der Waals surface area (Å²) in [5.74, 6) is 0. The molecule has 4 heteroatoms. The van der Waals surface area contributed by atoms with E-state index < -0.39 is 0 Å². The molecule has 1 aliphatic rings. The van der Waals surface area contributed by atoms with Crippen molar-refractivity contribution in [1.29, 1.82) is 0 Å². The highest BCUT2D eigenvalue weighted by atomic mass is 32.1. The Balaban J connectivity index is 1.90. The first-order valence-electron chi connectivity index (χ1n) is 5.13. The second-order valence-electron chi connectivity index (χ2n) is 3.98. The third kappa shape index (κ3) is 2.53. The van der Waals surface area contributed by atoms with E-state index in [4.69, 9.17) is 5.73 Å². The number of hydrogen-bond acceptors (Lipinski definition) is 4. The molecular weight excluding hydrogens is 194 g/mol. The molecule has 14 heavy (non-hydrogen) atoms. The lowest BCUT2D eigenvalue weighted by Crippen LogP contribution is -2.42. The third-order valence-electron chi connectivity index (χ3n) is 2.59. The zero-order valence-corrected chi connectivity index (χ0v) is 9.39. The van der Waals surface area contributed by atoms with Gasteiger partial charge < -0.3 is 5.73 Å². The van der Waals surface area contributed by atoms with Crippen LogP contribution in [0.4, 0.5) is 0 Å². The van der Waals surface area contributed by atoms with Crippen molar-refractivity contribution in [3.05, 3.63) is 16.1 Å². The first kappa shape index (κ1) is 10.1. The van der Waals surface area contributed by atoms with Crippen LogP contribution in [0, 0.1) is 6.92 Å². The summed E-state index contributed by atoms with van der Waals surface area (Å²) in [4.78, 5) is 8.05. The molecule has 3 nitrogen and oxygen atoms in total. The lowest BCUT2D eigenvalue weighted by Gasteiger charge is -2.29. The van der Waals surface area contributed by atoms with E-state index in [-0.39, 0.29) is 0 Å². The Morgan fingerprint density at radius 2 is 2.57 bits per heavy atom. The van der Waals surface area contributed by atoms with E-state index in [0.717, 1.165) is 18.1 Å². The summed E-state index contributed by atoms with van der Waals surface area (Å²) < 4.78 is 0. The van der Waals surface area contributed by atoms with Gasteiger partial charge in [0.1, 0.15) is 0 Å². The number of nitrogens with zero attached hydrogens (tertiary/aromatic N) is 2. The van der Waals surface area contributed by atoms with Gasteiger partial charge in [0.25, 0.3) is 0 Å². The van der Waals surface area contributed by atoms with Crippen molar-refractivity contribution in [2.45, 2.75) is 32.4 Å². The maximum absolute atomic E-state index is 5.93. The van der Waals surface area contributed by atoms with E-state index in [0.29, 0.717) is 6.04 Å². The van der Waals surface area contributed by atoms with E-state index in [9.17, 15) is 0 Å². The van der Waals surface area contributed by atoms with Crippen molar-refractivity contribution in [1.82, 2.24) is 9.88 Å². The van der Waals surface area contributed by atoms with Gasteiger partial charge in [-0.1, -0.05) is 0 Å². The molecule has 0 radical (unpaired) electrons. The minimum absolute atomic E-state index is 0.373. The van der Waals surface area contributed by atoms with Crippen LogP contribution in [0.25, 0.3) is 0 Å². The minimum atomic E-state index is 0.373. The SMILES string of the molecule is Cc1ncc(CN2CCC[C@@H](N)C2)s1. The van der Waals surface area contributed by atoms with E-state index in [1.807, 2.05) is 6.20 Å². The molecule has 2 heterocycles. The quantitative estimate of drug-likeness (QED) is 0.803. The summed E-state index contributed by atoms with van der Waals surface area (Å²) >= 11 is 1.79. The number of piperidine rings is 1. The van der Waals surface area contributed by atoms with Gasteiger partial charge in [-0.15, -0.1) is 11.3 Å². The molecule has 1 saturated heterocycles. The third-order valence-corrected chi connectivity index (χ3v) is 3.49. The van der Waals surface area contributed by atoms with E-state index >= 15 is 0 Å². The Kier molecular flexibility index (Phi) is 3.15. The number of aryl methyl sites for hydroxylation is 1. The Morgan fingerprint density at radius 1 is 1.71 bits per heavy atom. The number of hydrogen-bond donors (Lipinski definition) is 1. The van der Waals surface area contributed by atoms with Gasteiger partial charge in [-0.3, -0.25) is 4.90 Å². The molecule has 78 valence electrons. The summed E-state index contributed by atoms with van der Waals surface area (Å²) in [6.45, 7) is 5.30. The largest absolute Gasteiger partial charge is 0.327 e. The van der Waals surface area contributed by atoms with Gasteiger partial charge in [-0.25, -0.2) is 4.98 Å². The Morgan fingerprint density at radius 3 is 3.21 bits per heavy atom. The second kappa shape index (κ2) is 4.38. The number of thiazole rings is 1. The second-order valence-corrected chi connectivity index (χ2v) is 5.30. The number of rotatable bonds is 2. The Labute approximate surface area is 88.9 Å². The van der Waals surface area contributed by atoms with Crippen molar-refractivity contribution >= 4 is 11.3 Å². The molecule has 1 fully saturated rings. The van der Waals surface area contributed by atoms with Crippen molar-refractivity contribution < 1.29 is 0 Å². The predicted octanol–water partition coefficient (Wildman–Crippen LogP) is 1.37. The molecule has 0 amide bonds. The van der Waals surface area contributed by atoms with Gasteiger partial charge in [-0.2, -0.15) is 0 Å². The fraction of sp³-hybridized carbons (Fsp3) is 0.700. The van der Waals surface area contributed by atoms with Gasteiger partial charge in [-0.05, 0) is 26.3 Å². The summed E-state index contributed by atoms with van der Waals surface area (Å²) in [7, 11) is 0. The van der Waals surface area contributed by atoms with Crippen molar-refractivity contribution in [3.63, 3.8) is 0 Å². The lowest BCUT2D eigenvalue weighted by atomic mass is 10.1. The molecule has 1 aromatic heterocycles. The average Bonchev–Trinajstić information content (AvgIpc) is 2.51. The molecule has 0 saturated carbocycles. The van der Waals surface area contributed by atoms with Crippen LogP contribution in [-0.4, -0.2) is 29.0 Å². The van der Waals surface area contributed by atoms with Crippen molar-refractivity contribution in [3.8, 4) is 0 Å². The van der Waals surface area contributed by atoms with Gasteiger partial charge >= 0.3 is 0 Å². The van der Waals surface area contributed by atoms with E-state index in [1.165, 1.54) is 24.3 Å². The predicted molar refractivity (Wildman–Crippen MR) is 59.3 cm³/mol. The van der Waals surface area contributed by atoms with Crippen molar-refractivity contribution in [2.75, 3.05) is 13.1 Å². The Hall–Kier alpha value is -0.450. The molecule has 0 bridgehead atoms. The van der Waals surface area contributed by atoms with Crippen LogP contribution in [0.1, 0.15) is 22.7 Å². The molecule has 2 rings (SSSR count). The van der Waals surface area contributed by atoms with E-state index in [2.05, 4.69) is 16.8 Å². The molecule has 2 N–H and O–H groups in total. The Bertz CT molecular complexity index is 297. The topological polar surface area (TPSA) is 42.2 Å². The van der Waals surface area contributed by atoms with E-state index in [1.54, 1.807) is 11.3 Å². The zero-order valence-electron chi connectivity index (χ0n) is 8.57. The summed E-state index contributed by atoms with van der Waals surface area (Å²) in [6.07, 6.45) is 4.40. The fourth-order valence-electron chi connectivity index (χ4n) is 1.93. The molecule has 1 atom stereocenters. The van der Waals surface area contributed by atoms with Crippen LogP contribution >= 0.6 is 11.3 Å². The summed E-state index contributed by atoms with van der Waals surface area (Å²) in [5.41, 5.74) is 5.93. The van der Waals surface area contributed by atoms with Crippen LogP contribution in [0.2, 0.25) is 0 Å². The smallest absolute Gasteiger partial charge is 0.0897 e. The number of likely N-dealkylation sites (tertiary alicyclic amines) is 1. The monoisotopic (exact) mass is 211 g/mol. The zero-order chi connectivity index (χ0) is 9.97. The molecule has 0 unspecified atom stereocenters. The first-order chi connectivity index (χ1) is 6.74. The first-order valence-corrected chi connectivity index (χ1v) is 5.95. The average molecular weight is 211 g/mol. The molecular formula is C10H17N3S. The van der Waals surface area contributed by atoms with Gasteiger partial charge in [0.2, 0.25) is 0 Å². The van der Waals surface area contributed by atoms with Gasteiger partial charge in [0, 0.05) is 30.2 Å². The van der Waals surface area contributed by atoms with Gasteiger partial charge in [0.15, 0.2) is 0 Å². The molecule has 0 aliphatic carbocycles. The highest BCUT2D eigenvalue weighted by Gasteiger charge is 2.16. The molecule has 0 aromatic carbocycles. The van der Waals surface area contributed by atoms with Crippen LogP contribution < -0.4 is 5.73 Å². The molecule has 0 spiro atoms. The van der Waals surface area contributed by atoms with Crippen molar-refractivity contribution in [2.24, 2.45) is 5.73 Å². The standard InChI is InChI=1S/C10H17N3S/c1-8-12-5-10(14-8)7-13-4-2-3-9(11)6-13/h5,9H,2-4,6-7,11H2,1H3/t9-/m1/s1. The number of aromatic nitrogens is 1. The van der Waals surface area contributed by atoms with Gasteiger partial charge in [0.05, 0.1) is 5.01 Å². The maximum Gasteiger partial charge on any atom is 0.0897 e.